The molecule has 1 heterocycles. The first kappa shape index (κ1) is 5.25. The van der Waals surface area contributed by atoms with Gasteiger partial charge in [-0.3, -0.25) is 9.89 Å². The first-order valence-corrected chi connectivity index (χ1v) is 2.87. The van der Waals surface area contributed by atoms with Gasteiger partial charge < -0.3 is 0 Å². The number of halogens is 1. The Hall–Kier alpha value is 0.110. The van der Waals surface area contributed by atoms with Crippen LogP contribution in [0.4, 0.5) is 0 Å². The van der Waals surface area contributed by atoms with Crippen molar-refractivity contribution >= 4 is 22.1 Å². The molecule has 1 unspecified atom stereocenters. The van der Waals surface area contributed by atoms with Gasteiger partial charge in [-0.15, -0.1) is 0 Å². The Morgan fingerprint density at radius 3 is 2.86 bits per heavy atom. The summed E-state index contributed by atoms with van der Waals surface area (Å²) in [5.41, 5.74) is 0. The Labute approximate surface area is 51.4 Å². The zero-order valence-corrected chi connectivity index (χ0v) is 5.51. The van der Waals surface area contributed by atoms with E-state index in [-0.39, 0.29) is 5.08 Å². The largest absolute Gasteiger partial charge is 0.265 e. The van der Waals surface area contributed by atoms with Gasteiger partial charge in [0.15, 0.2) is 5.08 Å². The van der Waals surface area contributed by atoms with Gasteiger partial charge in [0.1, 0.15) is 6.54 Å². The molecule has 38 valence electrons. The molecule has 0 aromatic heterocycles. The summed E-state index contributed by atoms with van der Waals surface area (Å²) in [6.45, 7) is 2.86. The maximum absolute atomic E-state index is 3.92. The van der Waals surface area contributed by atoms with Gasteiger partial charge in [0.2, 0.25) is 0 Å². The average Bonchev–Trinajstić information content (AvgIpc) is 1.91. The van der Waals surface area contributed by atoms with Crippen LogP contribution in [0.25, 0.3) is 0 Å². The predicted molar refractivity (Wildman–Crippen MR) is 32.2 cm³/mol. The van der Waals surface area contributed by atoms with Crippen LogP contribution < -0.4 is 0 Å². The molecule has 0 aliphatic carbocycles. The van der Waals surface area contributed by atoms with Crippen LogP contribution in [0.1, 0.15) is 0 Å². The number of rotatable bonds is 0. The van der Waals surface area contributed by atoms with E-state index in [0.29, 0.717) is 0 Å². The summed E-state index contributed by atoms with van der Waals surface area (Å²) >= 11 is 3.27. The van der Waals surface area contributed by atoms with Gasteiger partial charge in [0.25, 0.3) is 0 Å². The Morgan fingerprint density at radius 1 is 2.00 bits per heavy atom. The minimum absolute atomic E-state index is 0.118. The topological polar surface area (TPSA) is 15.6 Å². The highest BCUT2D eigenvalue weighted by Gasteiger charge is 2.12. The van der Waals surface area contributed by atoms with E-state index in [9.17, 15) is 0 Å². The highest BCUT2D eigenvalue weighted by molar-refractivity contribution is 9.09. The second-order valence-electron chi connectivity index (χ2n) is 1.33. The van der Waals surface area contributed by atoms with E-state index in [1.165, 1.54) is 0 Å². The molecular weight excluding hydrogens is 156 g/mol. The highest BCUT2D eigenvalue weighted by atomic mass is 79.9. The third kappa shape index (κ3) is 1.01. The van der Waals surface area contributed by atoms with Crippen molar-refractivity contribution in [2.45, 2.75) is 5.08 Å². The Kier molecular flexibility index (Phi) is 1.44. The van der Waals surface area contributed by atoms with E-state index in [1.54, 1.807) is 6.21 Å². The number of hydrogen-bond donors (Lipinski definition) is 0. The summed E-state index contributed by atoms with van der Waals surface area (Å²) in [6, 6.07) is 0. The van der Waals surface area contributed by atoms with Gasteiger partial charge in [-0.2, -0.15) is 0 Å². The molecule has 0 spiro atoms. The lowest BCUT2D eigenvalue weighted by atomic mass is 10.7. The van der Waals surface area contributed by atoms with E-state index in [2.05, 4.69) is 27.5 Å². The molecule has 0 bridgehead atoms. The van der Waals surface area contributed by atoms with Gasteiger partial charge in [0.05, 0.1) is 0 Å². The zero-order valence-electron chi connectivity index (χ0n) is 3.93. The molecular formula is C4H5BrN2. The quantitative estimate of drug-likeness (QED) is 0.377. The molecule has 1 atom stereocenters. The van der Waals surface area contributed by atoms with Crippen molar-refractivity contribution in [3.05, 3.63) is 6.54 Å². The normalized spacial score (nSPS) is 32.0. The van der Waals surface area contributed by atoms with Crippen molar-refractivity contribution in [2.24, 2.45) is 4.99 Å². The minimum atomic E-state index is 0.118. The van der Waals surface area contributed by atoms with E-state index < -0.39 is 0 Å². The van der Waals surface area contributed by atoms with Crippen molar-refractivity contribution < 1.29 is 0 Å². The summed E-state index contributed by atoms with van der Waals surface area (Å²) in [5, 5.41) is 0.118. The molecule has 2 nitrogen and oxygen atoms in total. The molecule has 0 N–H and O–H groups in total. The van der Waals surface area contributed by atoms with Crippen LogP contribution in [-0.4, -0.2) is 23.2 Å². The highest BCUT2D eigenvalue weighted by Crippen LogP contribution is 2.11. The average molecular weight is 161 g/mol. The summed E-state index contributed by atoms with van der Waals surface area (Å²) in [6.07, 6.45) is 1.65. The van der Waals surface area contributed by atoms with Gasteiger partial charge >= 0.3 is 0 Å². The molecule has 0 aromatic carbocycles. The maximum atomic E-state index is 3.92. The molecule has 1 aliphatic heterocycles. The van der Waals surface area contributed by atoms with Crippen LogP contribution in [0.5, 0.6) is 0 Å². The minimum Gasteiger partial charge on any atom is -0.265 e. The van der Waals surface area contributed by atoms with Crippen molar-refractivity contribution in [2.75, 3.05) is 7.05 Å². The number of aliphatic imine (C=N–C) groups is 1. The van der Waals surface area contributed by atoms with E-state index in [4.69, 9.17) is 0 Å². The molecule has 0 amide bonds. The number of nitrogens with zero attached hydrogens (tertiary/aromatic N) is 2. The monoisotopic (exact) mass is 160 g/mol. The fourth-order valence-corrected chi connectivity index (χ4v) is 0.584. The van der Waals surface area contributed by atoms with E-state index in [1.807, 2.05) is 11.9 Å². The van der Waals surface area contributed by atoms with Crippen LogP contribution in [0.3, 0.4) is 0 Å². The molecule has 0 saturated carbocycles. The van der Waals surface area contributed by atoms with Crippen LogP contribution in [0, 0.1) is 6.54 Å². The fraction of sp³-hybridized carbons (Fsp3) is 0.500. The van der Waals surface area contributed by atoms with Crippen molar-refractivity contribution in [1.29, 1.82) is 0 Å². The van der Waals surface area contributed by atoms with E-state index in [0.717, 1.165) is 0 Å². The van der Waals surface area contributed by atoms with Crippen LogP contribution in [-0.2, 0) is 0 Å². The molecule has 0 aromatic rings. The van der Waals surface area contributed by atoms with Gasteiger partial charge in [-0.05, 0) is 23.0 Å². The van der Waals surface area contributed by atoms with Crippen molar-refractivity contribution in [3.8, 4) is 0 Å². The molecule has 0 fully saturated rings. The smallest absolute Gasteiger partial charge is 0.158 e. The van der Waals surface area contributed by atoms with Crippen molar-refractivity contribution in [1.82, 2.24) is 4.90 Å². The lowest BCUT2D eigenvalue weighted by Gasteiger charge is -2.07. The SMILES string of the molecule is CN1[C]C=NC1Br. The first-order valence-electron chi connectivity index (χ1n) is 1.95. The number of hydrogen-bond acceptors (Lipinski definition) is 2. The predicted octanol–water partition coefficient (Wildman–Crippen LogP) is 0.720. The Morgan fingerprint density at radius 2 is 2.71 bits per heavy atom. The fourth-order valence-electron chi connectivity index (χ4n) is 0.347. The van der Waals surface area contributed by atoms with Gasteiger partial charge in [-0.25, -0.2) is 0 Å². The van der Waals surface area contributed by atoms with Crippen molar-refractivity contribution in [3.63, 3.8) is 0 Å². The summed E-state index contributed by atoms with van der Waals surface area (Å²) < 4.78 is 0. The zero-order chi connectivity index (χ0) is 5.28. The Balaban J connectivity index is 2.45. The van der Waals surface area contributed by atoms with E-state index >= 15 is 0 Å². The first-order chi connectivity index (χ1) is 3.30. The van der Waals surface area contributed by atoms with Gasteiger partial charge in [0, 0.05) is 6.21 Å². The summed E-state index contributed by atoms with van der Waals surface area (Å²) in [4.78, 5) is 5.77. The lowest BCUT2D eigenvalue weighted by Crippen LogP contribution is -2.15. The third-order valence-corrected chi connectivity index (χ3v) is 1.63. The number of alkyl halides is 1. The molecule has 7 heavy (non-hydrogen) atoms. The molecule has 1 rings (SSSR count). The molecule has 1 aliphatic rings. The summed E-state index contributed by atoms with van der Waals surface area (Å²) in [5.74, 6) is 0. The molecule has 2 radical (unpaired) electrons. The standard InChI is InChI=1S/C4H5BrN2/c1-7-3-2-6-4(7)5/h2,4H,1H3. The third-order valence-electron chi connectivity index (χ3n) is 0.779. The van der Waals surface area contributed by atoms with Crippen LogP contribution in [0.2, 0.25) is 0 Å². The Bertz CT molecular complexity index is 91.7. The maximum Gasteiger partial charge on any atom is 0.158 e. The van der Waals surface area contributed by atoms with Gasteiger partial charge in [-0.1, -0.05) is 0 Å². The van der Waals surface area contributed by atoms with Crippen LogP contribution in [0.15, 0.2) is 4.99 Å². The molecule has 0 saturated heterocycles. The lowest BCUT2D eigenvalue weighted by molar-refractivity contribution is 0.444. The second kappa shape index (κ2) is 1.92. The second-order valence-corrected chi connectivity index (χ2v) is 2.15. The molecule has 3 heteroatoms. The van der Waals surface area contributed by atoms with Crippen LogP contribution >= 0.6 is 15.9 Å². The summed E-state index contributed by atoms with van der Waals surface area (Å²) in [7, 11) is 1.91.